The fourth-order valence-electron chi connectivity index (χ4n) is 7.65. The first-order chi connectivity index (χ1) is 26.0. The van der Waals surface area contributed by atoms with Gasteiger partial charge in [-0.1, -0.05) is 170 Å². The van der Waals surface area contributed by atoms with E-state index in [1.54, 1.807) is 0 Å². The van der Waals surface area contributed by atoms with Crippen molar-refractivity contribution in [3.05, 3.63) is 182 Å². The molecule has 1 aromatic heterocycles. The van der Waals surface area contributed by atoms with Crippen molar-refractivity contribution in [2.45, 2.75) is 0 Å². The maximum Gasteiger partial charge on any atom is 0.143 e. The van der Waals surface area contributed by atoms with E-state index < -0.39 is 0 Å². The Labute approximate surface area is 289 Å². The van der Waals surface area contributed by atoms with Gasteiger partial charge in [-0.05, 0) is 83.4 Å². The first kappa shape index (κ1) is 23.8. The molecular formula is C48H30O. The lowest BCUT2D eigenvalue weighted by atomic mass is 9.85. The van der Waals surface area contributed by atoms with Gasteiger partial charge < -0.3 is 4.42 Å². The Morgan fingerprint density at radius 2 is 0.918 bits per heavy atom. The van der Waals surface area contributed by atoms with Gasteiger partial charge in [0, 0.05) is 16.3 Å². The Balaban J connectivity index is 1.29. The predicted octanol–water partition coefficient (Wildman–Crippen LogP) is 13.7. The van der Waals surface area contributed by atoms with Crippen molar-refractivity contribution in [2.24, 2.45) is 0 Å². The summed E-state index contributed by atoms with van der Waals surface area (Å²) >= 11 is 0. The van der Waals surface area contributed by atoms with E-state index in [0.717, 1.165) is 76.5 Å². The van der Waals surface area contributed by atoms with E-state index in [1.807, 2.05) is 97.1 Å². The summed E-state index contributed by atoms with van der Waals surface area (Å²) in [7, 11) is 0. The van der Waals surface area contributed by atoms with Crippen molar-refractivity contribution in [2.75, 3.05) is 0 Å². The maximum absolute atomic E-state index is 9.92. The van der Waals surface area contributed by atoms with Crippen LogP contribution < -0.4 is 0 Å². The normalized spacial score (nSPS) is 12.8. The molecular weight excluding hydrogens is 593 g/mol. The second kappa shape index (κ2) is 11.1. The van der Waals surface area contributed by atoms with Crippen molar-refractivity contribution in [3.8, 4) is 44.5 Å². The Morgan fingerprint density at radius 1 is 0.388 bits per heavy atom. The van der Waals surface area contributed by atoms with Crippen molar-refractivity contribution >= 4 is 54.3 Å². The van der Waals surface area contributed by atoms with Crippen LogP contribution in [0.15, 0.2) is 186 Å². The fraction of sp³-hybridized carbons (Fsp3) is 0. The number of benzene rings is 9. The lowest BCUT2D eigenvalue weighted by molar-refractivity contribution is 0.670. The molecule has 0 fully saturated rings. The number of rotatable bonds is 4. The van der Waals surface area contributed by atoms with Crippen molar-refractivity contribution < 1.29 is 9.90 Å². The standard InChI is InChI=1S/C48H30O/c1-2-15-32(16-3-1)45-38-21-6-8-23-40(38)46(41-24-9-7-22-39(41)45)34-19-10-18-33(30-34)36-25-13-29-44-47(36)43-28-12-27-42(48(43)49-44)37-26-11-17-31-14-4-5-20-35(31)37/h1-30H/i10D,18D,19D,30D. The molecule has 0 aliphatic heterocycles. The lowest BCUT2D eigenvalue weighted by Crippen LogP contribution is -1.91. The Hall–Kier alpha value is -6.44. The number of hydrogen-bond donors (Lipinski definition) is 0. The molecule has 1 nitrogen and oxygen atoms in total. The largest absolute Gasteiger partial charge is 0.455 e. The molecule has 0 aliphatic carbocycles. The number of fused-ring (bicyclic) bond motifs is 6. The zero-order chi connectivity index (χ0) is 35.8. The first-order valence-corrected chi connectivity index (χ1v) is 16.5. The predicted molar refractivity (Wildman–Crippen MR) is 208 cm³/mol. The summed E-state index contributed by atoms with van der Waals surface area (Å²) in [5, 5.41) is 7.69. The van der Waals surface area contributed by atoms with E-state index in [-0.39, 0.29) is 24.2 Å². The van der Waals surface area contributed by atoms with Crippen molar-refractivity contribution in [1.82, 2.24) is 0 Å². The highest BCUT2D eigenvalue weighted by Crippen LogP contribution is 2.46. The average Bonchev–Trinajstić information content (AvgIpc) is 3.60. The maximum atomic E-state index is 9.92. The van der Waals surface area contributed by atoms with E-state index >= 15 is 0 Å². The highest BCUT2D eigenvalue weighted by molar-refractivity contribution is 6.22. The van der Waals surface area contributed by atoms with E-state index in [2.05, 4.69) is 60.7 Å². The number of para-hydroxylation sites is 1. The Bertz CT molecular complexity index is 3040. The highest BCUT2D eigenvalue weighted by Gasteiger charge is 2.19. The van der Waals surface area contributed by atoms with Gasteiger partial charge in [-0.15, -0.1) is 0 Å². The molecule has 1 heteroatoms. The second-order valence-electron chi connectivity index (χ2n) is 12.4. The quantitative estimate of drug-likeness (QED) is 0.177. The fourth-order valence-corrected chi connectivity index (χ4v) is 7.65. The summed E-state index contributed by atoms with van der Waals surface area (Å²) in [4.78, 5) is 0. The van der Waals surface area contributed by atoms with Gasteiger partial charge in [0.2, 0.25) is 0 Å². The van der Waals surface area contributed by atoms with Crippen molar-refractivity contribution in [3.63, 3.8) is 0 Å². The molecule has 1 heterocycles. The molecule has 0 atom stereocenters. The van der Waals surface area contributed by atoms with Crippen LogP contribution in [-0.4, -0.2) is 0 Å². The molecule has 0 N–H and O–H groups in total. The molecule has 10 aromatic rings. The monoisotopic (exact) mass is 626 g/mol. The molecule has 0 spiro atoms. The first-order valence-electron chi connectivity index (χ1n) is 18.5. The molecule has 9 aromatic carbocycles. The van der Waals surface area contributed by atoms with Crippen LogP contribution in [0.25, 0.3) is 98.8 Å². The lowest BCUT2D eigenvalue weighted by Gasteiger charge is -2.18. The molecule has 228 valence electrons. The molecule has 0 amide bonds. The minimum atomic E-state index is -0.215. The molecule has 10 rings (SSSR count). The van der Waals surface area contributed by atoms with Crippen LogP contribution in [0.4, 0.5) is 0 Å². The summed E-state index contributed by atoms with van der Waals surface area (Å²) in [6.07, 6.45) is 0. The minimum Gasteiger partial charge on any atom is -0.455 e. The Morgan fingerprint density at radius 3 is 1.67 bits per heavy atom. The van der Waals surface area contributed by atoms with Crippen LogP contribution in [0.2, 0.25) is 0 Å². The summed E-state index contributed by atoms with van der Waals surface area (Å²) < 4.78 is 44.4. The molecule has 0 saturated heterocycles. The van der Waals surface area contributed by atoms with Crippen LogP contribution in [-0.2, 0) is 0 Å². The molecule has 0 aliphatic rings. The van der Waals surface area contributed by atoms with Gasteiger partial charge in [-0.2, -0.15) is 0 Å². The molecule has 0 unspecified atom stereocenters. The summed E-state index contributed by atoms with van der Waals surface area (Å²) in [6.45, 7) is 0. The summed E-state index contributed by atoms with van der Waals surface area (Å²) in [5.41, 5.74) is 7.55. The van der Waals surface area contributed by atoms with Gasteiger partial charge in [-0.3, -0.25) is 0 Å². The van der Waals surface area contributed by atoms with Crippen LogP contribution in [0.5, 0.6) is 0 Å². The van der Waals surface area contributed by atoms with Crippen LogP contribution in [0.3, 0.4) is 0 Å². The van der Waals surface area contributed by atoms with E-state index in [1.165, 1.54) is 0 Å². The van der Waals surface area contributed by atoms with E-state index in [9.17, 15) is 5.48 Å². The summed E-state index contributed by atoms with van der Waals surface area (Å²) in [6, 6.07) is 52.5. The minimum absolute atomic E-state index is 0.0471. The molecule has 0 bridgehead atoms. The van der Waals surface area contributed by atoms with Crippen LogP contribution in [0, 0.1) is 0 Å². The average molecular weight is 627 g/mol. The van der Waals surface area contributed by atoms with Gasteiger partial charge in [0.25, 0.3) is 0 Å². The number of furan rings is 1. The van der Waals surface area contributed by atoms with Gasteiger partial charge in [-0.25, -0.2) is 0 Å². The van der Waals surface area contributed by atoms with Gasteiger partial charge in [0.15, 0.2) is 0 Å². The van der Waals surface area contributed by atoms with Crippen molar-refractivity contribution in [1.29, 1.82) is 0 Å². The molecule has 0 saturated carbocycles. The summed E-state index contributed by atoms with van der Waals surface area (Å²) in [5.74, 6) is 0. The van der Waals surface area contributed by atoms with E-state index in [0.29, 0.717) is 22.3 Å². The third-order valence-corrected chi connectivity index (χ3v) is 9.74. The van der Waals surface area contributed by atoms with E-state index in [4.69, 9.17) is 4.42 Å². The molecule has 0 radical (unpaired) electrons. The number of hydrogen-bond acceptors (Lipinski definition) is 1. The third kappa shape index (κ3) is 4.33. The SMILES string of the molecule is [2H]c1c([2H])c(-c2c3ccccc3c(-c3ccccc3)c3ccccc23)c([2H])c(-c2cccc3oc4c(-c5cccc6ccccc56)cccc4c23)c1[2H]. The highest BCUT2D eigenvalue weighted by atomic mass is 16.3. The zero-order valence-electron chi connectivity index (χ0n) is 30.4. The van der Waals surface area contributed by atoms with Gasteiger partial charge >= 0.3 is 0 Å². The van der Waals surface area contributed by atoms with Crippen LogP contribution >= 0.6 is 0 Å². The third-order valence-electron chi connectivity index (χ3n) is 9.74. The smallest absolute Gasteiger partial charge is 0.143 e. The van der Waals surface area contributed by atoms with Gasteiger partial charge in [0.05, 0.1) is 5.48 Å². The zero-order valence-corrected chi connectivity index (χ0v) is 26.4. The topological polar surface area (TPSA) is 13.1 Å². The molecule has 49 heavy (non-hydrogen) atoms. The van der Waals surface area contributed by atoms with Gasteiger partial charge in [0.1, 0.15) is 11.2 Å². The van der Waals surface area contributed by atoms with Crippen LogP contribution in [0.1, 0.15) is 5.48 Å². The Kier molecular flexibility index (Phi) is 5.38. The second-order valence-corrected chi connectivity index (χ2v) is 12.4.